The Kier molecular flexibility index (Phi) is 6.69. The molecule has 1 aromatic carbocycles. The van der Waals surface area contributed by atoms with Crippen molar-refractivity contribution in [3.63, 3.8) is 0 Å². The van der Waals surface area contributed by atoms with Crippen LogP contribution in [0.25, 0.3) is 10.6 Å². The molecule has 0 aliphatic heterocycles. The van der Waals surface area contributed by atoms with Crippen molar-refractivity contribution in [2.24, 2.45) is 0 Å². The average molecular weight is 397 g/mol. The fourth-order valence-electron chi connectivity index (χ4n) is 2.39. The lowest BCUT2D eigenvalue weighted by Crippen LogP contribution is -2.28. The number of aromatic nitrogens is 2. The van der Waals surface area contributed by atoms with Gasteiger partial charge in [0.05, 0.1) is 19.2 Å². The Morgan fingerprint density at radius 2 is 2.11 bits per heavy atom. The zero-order valence-corrected chi connectivity index (χ0v) is 16.1. The van der Waals surface area contributed by atoms with Gasteiger partial charge < -0.3 is 14.8 Å². The van der Waals surface area contributed by atoms with Crippen LogP contribution >= 0.6 is 11.3 Å². The summed E-state index contributed by atoms with van der Waals surface area (Å²) in [4.78, 5) is 32.3. The van der Waals surface area contributed by atoms with Crippen molar-refractivity contribution in [3.8, 4) is 16.3 Å². The number of hydrogen-bond donors (Lipinski definition) is 1. The lowest BCUT2D eigenvalue weighted by Gasteiger charge is -2.07. The van der Waals surface area contributed by atoms with Gasteiger partial charge in [-0.15, -0.1) is 11.3 Å². The largest absolute Gasteiger partial charge is 0.497 e. The zero-order chi connectivity index (χ0) is 19.8. The van der Waals surface area contributed by atoms with Crippen molar-refractivity contribution in [1.82, 2.24) is 15.3 Å². The highest BCUT2D eigenvalue weighted by Crippen LogP contribution is 2.22. The Labute approximate surface area is 166 Å². The second kappa shape index (κ2) is 9.61. The third-order valence-corrected chi connectivity index (χ3v) is 4.71. The van der Waals surface area contributed by atoms with Crippen LogP contribution in [0.5, 0.6) is 5.75 Å². The molecule has 28 heavy (non-hydrogen) atoms. The summed E-state index contributed by atoms with van der Waals surface area (Å²) < 4.78 is 10.2. The minimum Gasteiger partial charge on any atom is -0.497 e. The summed E-state index contributed by atoms with van der Waals surface area (Å²) in [5.74, 6) is -0.155. The molecule has 0 spiro atoms. The molecule has 0 saturated heterocycles. The fraction of sp³-hybridized carbons (Fsp3) is 0.200. The predicted octanol–water partition coefficient (Wildman–Crippen LogP) is 2.62. The van der Waals surface area contributed by atoms with Gasteiger partial charge in [-0.05, 0) is 29.8 Å². The van der Waals surface area contributed by atoms with Crippen molar-refractivity contribution in [1.29, 1.82) is 0 Å². The van der Waals surface area contributed by atoms with Crippen molar-refractivity contribution in [2.45, 2.75) is 13.0 Å². The van der Waals surface area contributed by atoms with Crippen LogP contribution < -0.4 is 10.1 Å². The van der Waals surface area contributed by atoms with Gasteiger partial charge in [0.1, 0.15) is 10.8 Å². The predicted molar refractivity (Wildman–Crippen MR) is 105 cm³/mol. The molecule has 3 rings (SSSR count). The van der Waals surface area contributed by atoms with Crippen LogP contribution in [0.1, 0.15) is 11.3 Å². The van der Waals surface area contributed by atoms with Crippen LogP contribution in [-0.2, 0) is 27.3 Å². The molecule has 0 unspecified atom stereocenters. The van der Waals surface area contributed by atoms with Crippen LogP contribution in [0.15, 0.2) is 54.2 Å². The van der Waals surface area contributed by atoms with Gasteiger partial charge >= 0.3 is 5.97 Å². The minimum atomic E-state index is -0.500. The fourth-order valence-corrected chi connectivity index (χ4v) is 3.20. The molecular formula is C20H19N3O4S. The average Bonchev–Trinajstić information content (AvgIpc) is 3.20. The quantitative estimate of drug-likeness (QED) is 0.588. The summed E-state index contributed by atoms with van der Waals surface area (Å²) in [6.07, 6.45) is 3.42. The molecule has 0 atom stereocenters. The molecule has 0 bridgehead atoms. The van der Waals surface area contributed by atoms with E-state index in [9.17, 15) is 9.59 Å². The van der Waals surface area contributed by atoms with Gasteiger partial charge in [-0.1, -0.05) is 12.1 Å². The summed E-state index contributed by atoms with van der Waals surface area (Å²) in [7, 11) is 1.58. The number of thiazole rings is 1. The summed E-state index contributed by atoms with van der Waals surface area (Å²) >= 11 is 1.43. The highest BCUT2D eigenvalue weighted by molar-refractivity contribution is 7.13. The molecule has 0 radical (unpaired) electrons. The van der Waals surface area contributed by atoms with Gasteiger partial charge in [0.15, 0.2) is 6.61 Å². The molecule has 0 saturated carbocycles. The topological polar surface area (TPSA) is 90.4 Å². The highest BCUT2D eigenvalue weighted by Gasteiger charge is 2.12. The maximum atomic E-state index is 12.0. The molecule has 8 heteroatoms. The van der Waals surface area contributed by atoms with E-state index in [1.165, 1.54) is 11.3 Å². The van der Waals surface area contributed by atoms with E-state index >= 15 is 0 Å². The van der Waals surface area contributed by atoms with Crippen LogP contribution in [0, 0.1) is 0 Å². The lowest BCUT2D eigenvalue weighted by molar-refractivity contribution is -0.147. The monoisotopic (exact) mass is 397 g/mol. The van der Waals surface area contributed by atoms with Crippen molar-refractivity contribution in [3.05, 3.63) is 65.4 Å². The molecule has 0 aliphatic rings. The van der Waals surface area contributed by atoms with Crippen LogP contribution in [0.3, 0.4) is 0 Å². The molecular weight excluding hydrogens is 378 g/mol. The summed E-state index contributed by atoms with van der Waals surface area (Å²) in [6.45, 7) is -0.00343. The SMILES string of the molecule is COc1cccc(CNC(=O)COC(=O)Cc2csc(-c3cccnc3)n2)c1. The standard InChI is InChI=1S/C20H19N3O4S/c1-26-17-6-2-4-14(8-17)10-22-18(24)12-27-19(25)9-16-13-28-20(23-16)15-5-3-7-21-11-15/h2-8,11,13H,9-10,12H2,1H3,(H,22,24). The zero-order valence-electron chi connectivity index (χ0n) is 15.3. The number of esters is 1. The first kappa shape index (κ1) is 19.5. The van der Waals surface area contributed by atoms with Crippen LogP contribution in [-0.4, -0.2) is 35.6 Å². The Bertz CT molecular complexity index is 943. The number of methoxy groups -OCH3 is 1. The normalized spacial score (nSPS) is 10.3. The van der Waals surface area contributed by atoms with Gasteiger partial charge in [-0.2, -0.15) is 0 Å². The number of benzene rings is 1. The number of nitrogens with one attached hydrogen (secondary N) is 1. The summed E-state index contributed by atoms with van der Waals surface area (Å²) in [5, 5.41) is 5.29. The molecule has 2 heterocycles. The van der Waals surface area contributed by atoms with E-state index in [1.54, 1.807) is 24.9 Å². The number of hydrogen-bond acceptors (Lipinski definition) is 7. The molecule has 144 valence electrons. The number of amides is 1. The molecule has 2 aromatic heterocycles. The van der Waals surface area contributed by atoms with E-state index in [1.807, 2.05) is 36.4 Å². The molecule has 1 N–H and O–H groups in total. The van der Waals surface area contributed by atoms with Crippen molar-refractivity contribution in [2.75, 3.05) is 13.7 Å². The van der Waals surface area contributed by atoms with Crippen LogP contribution in [0.2, 0.25) is 0 Å². The van der Waals surface area contributed by atoms with Gasteiger partial charge in [0.25, 0.3) is 5.91 Å². The highest BCUT2D eigenvalue weighted by atomic mass is 32.1. The molecule has 1 amide bonds. The van der Waals surface area contributed by atoms with E-state index < -0.39 is 5.97 Å². The Hall–Kier alpha value is -3.26. The number of ether oxygens (including phenoxy) is 2. The molecule has 3 aromatic rings. The van der Waals surface area contributed by atoms with E-state index in [0.29, 0.717) is 18.0 Å². The maximum Gasteiger partial charge on any atom is 0.312 e. The second-order valence-electron chi connectivity index (χ2n) is 5.85. The number of pyridine rings is 1. The third-order valence-electron chi connectivity index (χ3n) is 3.77. The lowest BCUT2D eigenvalue weighted by atomic mass is 10.2. The van der Waals surface area contributed by atoms with E-state index in [-0.39, 0.29) is 18.9 Å². The Morgan fingerprint density at radius 3 is 2.89 bits per heavy atom. The Balaban J connectivity index is 1.42. The number of carbonyl (C=O) groups excluding carboxylic acids is 2. The van der Waals surface area contributed by atoms with E-state index in [2.05, 4.69) is 15.3 Å². The summed E-state index contributed by atoms with van der Waals surface area (Å²) in [5.41, 5.74) is 2.39. The van der Waals surface area contributed by atoms with Crippen molar-refractivity contribution >= 4 is 23.2 Å². The maximum absolute atomic E-state index is 12.0. The minimum absolute atomic E-state index is 0.0138. The van der Waals surface area contributed by atoms with E-state index in [0.717, 1.165) is 16.1 Å². The van der Waals surface area contributed by atoms with Gasteiger partial charge in [0.2, 0.25) is 0 Å². The van der Waals surface area contributed by atoms with Gasteiger partial charge in [-0.25, -0.2) is 4.98 Å². The van der Waals surface area contributed by atoms with E-state index in [4.69, 9.17) is 9.47 Å². The second-order valence-corrected chi connectivity index (χ2v) is 6.71. The first-order valence-electron chi connectivity index (χ1n) is 8.54. The van der Waals surface area contributed by atoms with Crippen molar-refractivity contribution < 1.29 is 19.1 Å². The number of rotatable bonds is 8. The van der Waals surface area contributed by atoms with Gasteiger partial charge in [-0.3, -0.25) is 14.6 Å². The first-order chi connectivity index (χ1) is 13.6. The third kappa shape index (κ3) is 5.62. The van der Waals surface area contributed by atoms with Gasteiger partial charge in [0, 0.05) is 29.9 Å². The number of carbonyl (C=O) groups is 2. The smallest absolute Gasteiger partial charge is 0.312 e. The molecule has 7 nitrogen and oxygen atoms in total. The number of nitrogens with zero attached hydrogens (tertiary/aromatic N) is 2. The summed E-state index contributed by atoms with van der Waals surface area (Å²) in [6, 6.07) is 11.1. The molecule has 0 aliphatic carbocycles. The molecule has 0 fully saturated rings. The first-order valence-corrected chi connectivity index (χ1v) is 9.42. The Morgan fingerprint density at radius 1 is 1.21 bits per heavy atom. The van der Waals surface area contributed by atoms with Crippen LogP contribution in [0.4, 0.5) is 0 Å².